The first-order valence-electron chi connectivity index (χ1n) is 6.18. The average Bonchev–Trinajstić information content (AvgIpc) is 2.55. The van der Waals surface area contributed by atoms with Crippen molar-refractivity contribution < 1.29 is 36.8 Å². The van der Waals surface area contributed by atoms with Crippen LogP contribution in [-0.4, -0.2) is 52.8 Å². The maximum Gasteiger partial charge on any atom is 0.349 e. The van der Waals surface area contributed by atoms with Crippen LogP contribution in [0.15, 0.2) is 0 Å². The number of amides is 2. The maximum atomic E-state index is 11.7. The summed E-state index contributed by atoms with van der Waals surface area (Å²) in [5.74, 6) is -0.989. The summed E-state index contributed by atoms with van der Waals surface area (Å²) in [6, 6.07) is 0. The molecule has 10 nitrogen and oxygen atoms in total. The lowest BCUT2D eigenvalue weighted by Gasteiger charge is -2.15. The number of carbonyl (C=O) groups is 2. The molecule has 0 fully saturated rings. The van der Waals surface area contributed by atoms with E-state index in [2.05, 4.69) is 28.7 Å². The van der Waals surface area contributed by atoms with Crippen LogP contribution in [0.1, 0.15) is 12.8 Å². The van der Waals surface area contributed by atoms with Crippen molar-refractivity contribution in [3.8, 4) is 0 Å². The van der Waals surface area contributed by atoms with Crippen LogP contribution in [0, 0.1) is 0 Å². The molecule has 2 amide bonds. The molecule has 0 rings (SSSR count). The van der Waals surface area contributed by atoms with Gasteiger partial charge in [-0.3, -0.25) is 18.7 Å². The lowest BCUT2D eigenvalue weighted by molar-refractivity contribution is -0.126. The topological polar surface area (TPSA) is 129 Å². The van der Waals surface area contributed by atoms with Crippen molar-refractivity contribution in [1.82, 2.24) is 10.6 Å². The maximum absolute atomic E-state index is 11.7. The van der Waals surface area contributed by atoms with Gasteiger partial charge in [-0.25, -0.2) is 0 Å². The number of hydrogen-bond donors (Lipinski definition) is 2. The molecular formula is C10H22N2O8P2. The molecule has 0 radical (unpaired) electrons. The fourth-order valence-electron chi connectivity index (χ4n) is 1.18. The second-order valence-corrected chi connectivity index (χ2v) is 8.50. The molecule has 0 unspecified atom stereocenters. The third kappa shape index (κ3) is 8.03. The van der Waals surface area contributed by atoms with E-state index < -0.39 is 27.0 Å². The highest BCUT2D eigenvalue weighted by Gasteiger charge is 2.23. The predicted molar refractivity (Wildman–Crippen MR) is 78.5 cm³/mol. The van der Waals surface area contributed by atoms with Crippen LogP contribution >= 0.6 is 15.2 Å². The van der Waals surface area contributed by atoms with E-state index in [4.69, 9.17) is 0 Å². The Balaban J connectivity index is 4.08. The van der Waals surface area contributed by atoms with Gasteiger partial charge in [0.15, 0.2) is 0 Å². The van der Waals surface area contributed by atoms with Crippen molar-refractivity contribution in [1.29, 1.82) is 0 Å². The quantitative estimate of drug-likeness (QED) is 0.520. The molecule has 2 N–H and O–H groups in total. The zero-order valence-electron chi connectivity index (χ0n) is 13.0. The van der Waals surface area contributed by atoms with Crippen LogP contribution in [0.3, 0.4) is 0 Å². The van der Waals surface area contributed by atoms with Gasteiger partial charge in [-0.05, 0) is 0 Å². The molecule has 22 heavy (non-hydrogen) atoms. The van der Waals surface area contributed by atoms with Crippen LogP contribution in [0.2, 0.25) is 0 Å². The summed E-state index contributed by atoms with van der Waals surface area (Å²) >= 11 is 0. The first kappa shape index (κ1) is 21.2. The molecule has 0 spiro atoms. The highest BCUT2D eigenvalue weighted by atomic mass is 31.2. The third-order valence-corrected chi connectivity index (χ3v) is 5.95. The standard InChI is InChI=1S/C10H22N2O8P2/c1-17-21(15,18-2)7-11-9(13)5-6-10(14)12-8-22(16,19-3)20-4/h5-8H2,1-4H3,(H,11,13)(H,12,14). The highest BCUT2D eigenvalue weighted by molar-refractivity contribution is 7.54. The Labute approximate surface area is 129 Å². The molecule has 0 bridgehead atoms. The van der Waals surface area contributed by atoms with Gasteiger partial charge in [-0.1, -0.05) is 0 Å². The van der Waals surface area contributed by atoms with Gasteiger partial charge < -0.3 is 28.7 Å². The molecule has 0 saturated heterocycles. The molecular weight excluding hydrogens is 338 g/mol. The van der Waals surface area contributed by atoms with Gasteiger partial charge in [-0.15, -0.1) is 0 Å². The molecule has 0 aliphatic rings. The Hall–Kier alpha value is -0.760. The fourth-order valence-corrected chi connectivity index (χ4v) is 2.74. The molecule has 0 aromatic carbocycles. The van der Waals surface area contributed by atoms with Gasteiger partial charge in [0.05, 0.1) is 0 Å². The highest BCUT2D eigenvalue weighted by Crippen LogP contribution is 2.45. The smallest absolute Gasteiger partial charge is 0.344 e. The van der Waals surface area contributed by atoms with Crippen molar-refractivity contribution in [2.24, 2.45) is 0 Å². The first-order valence-corrected chi connectivity index (χ1v) is 9.64. The van der Waals surface area contributed by atoms with Crippen LogP contribution in [0.5, 0.6) is 0 Å². The molecule has 0 atom stereocenters. The van der Waals surface area contributed by atoms with Gasteiger partial charge in [-0.2, -0.15) is 0 Å². The molecule has 130 valence electrons. The largest absolute Gasteiger partial charge is 0.349 e. The van der Waals surface area contributed by atoms with Crippen molar-refractivity contribution >= 4 is 27.0 Å². The van der Waals surface area contributed by atoms with Crippen molar-refractivity contribution in [3.05, 3.63) is 0 Å². The van der Waals surface area contributed by atoms with Crippen molar-refractivity contribution in [2.75, 3.05) is 41.0 Å². The van der Waals surface area contributed by atoms with Gasteiger partial charge in [0.1, 0.15) is 12.6 Å². The van der Waals surface area contributed by atoms with E-state index in [-0.39, 0.29) is 25.4 Å². The number of carbonyl (C=O) groups excluding carboxylic acids is 2. The minimum Gasteiger partial charge on any atom is -0.344 e. The zero-order chi connectivity index (χ0) is 17.2. The summed E-state index contributed by atoms with van der Waals surface area (Å²) in [5, 5.41) is 4.68. The lowest BCUT2D eigenvalue weighted by Crippen LogP contribution is -2.29. The van der Waals surface area contributed by atoms with Crippen LogP contribution in [-0.2, 0) is 36.8 Å². The normalized spacial score (nSPS) is 12.0. The van der Waals surface area contributed by atoms with Crippen molar-refractivity contribution in [3.63, 3.8) is 0 Å². The SMILES string of the molecule is COP(=O)(CNC(=O)CCC(=O)NCP(=O)(OC)OC)OC. The molecule has 0 heterocycles. The summed E-state index contributed by atoms with van der Waals surface area (Å²) in [4.78, 5) is 23.0. The van der Waals surface area contributed by atoms with Gasteiger partial charge in [0.25, 0.3) is 0 Å². The van der Waals surface area contributed by atoms with E-state index in [1.54, 1.807) is 0 Å². The summed E-state index contributed by atoms with van der Waals surface area (Å²) in [6.45, 7) is 0. The van der Waals surface area contributed by atoms with E-state index >= 15 is 0 Å². The number of hydrogen-bond acceptors (Lipinski definition) is 8. The minimum absolute atomic E-state index is 0.135. The first-order chi connectivity index (χ1) is 10.2. The van der Waals surface area contributed by atoms with E-state index in [1.165, 1.54) is 28.4 Å². The summed E-state index contributed by atoms with van der Waals surface area (Å²) < 4.78 is 41.9. The number of nitrogens with one attached hydrogen (secondary N) is 2. The zero-order valence-corrected chi connectivity index (χ0v) is 14.8. The summed E-state index contributed by atoms with van der Waals surface area (Å²) in [5.41, 5.74) is 0. The molecule has 0 aromatic rings. The third-order valence-electron chi connectivity index (χ3n) is 2.63. The Morgan fingerprint density at radius 3 is 1.23 bits per heavy atom. The van der Waals surface area contributed by atoms with Gasteiger partial charge >= 0.3 is 15.2 Å². The Morgan fingerprint density at radius 1 is 0.727 bits per heavy atom. The molecule has 0 saturated carbocycles. The van der Waals surface area contributed by atoms with Crippen molar-refractivity contribution in [2.45, 2.75) is 12.8 Å². The van der Waals surface area contributed by atoms with Crippen LogP contribution in [0.25, 0.3) is 0 Å². The summed E-state index contributed by atoms with van der Waals surface area (Å²) in [7, 11) is -1.85. The van der Waals surface area contributed by atoms with Gasteiger partial charge in [0, 0.05) is 41.3 Å². The van der Waals surface area contributed by atoms with E-state index in [0.717, 1.165) is 0 Å². The molecule has 0 aliphatic carbocycles. The predicted octanol–water partition coefficient (Wildman–Crippen LogP) is 0.886. The molecule has 0 aromatic heterocycles. The van der Waals surface area contributed by atoms with Crippen LogP contribution < -0.4 is 10.6 Å². The molecule has 12 heteroatoms. The van der Waals surface area contributed by atoms with Crippen LogP contribution in [0.4, 0.5) is 0 Å². The second kappa shape index (κ2) is 10.1. The summed E-state index contributed by atoms with van der Waals surface area (Å²) in [6.07, 6.45) is -0.848. The molecule has 0 aliphatic heterocycles. The number of rotatable bonds is 11. The Morgan fingerprint density at radius 2 is 1.00 bits per heavy atom. The minimum atomic E-state index is -3.33. The Bertz CT molecular complexity index is 412. The monoisotopic (exact) mass is 360 g/mol. The van der Waals surface area contributed by atoms with E-state index in [0.29, 0.717) is 0 Å². The van der Waals surface area contributed by atoms with Gasteiger partial charge in [0.2, 0.25) is 11.8 Å². The van der Waals surface area contributed by atoms with E-state index in [9.17, 15) is 18.7 Å². The second-order valence-electron chi connectivity index (χ2n) is 3.97. The average molecular weight is 360 g/mol. The van der Waals surface area contributed by atoms with E-state index in [1.807, 2.05) is 0 Å². The lowest BCUT2D eigenvalue weighted by atomic mass is 10.3. The fraction of sp³-hybridized carbons (Fsp3) is 0.800. The Kier molecular flexibility index (Phi) is 9.75.